The Morgan fingerprint density at radius 3 is 2.26 bits per heavy atom. The maximum absolute atomic E-state index is 12.6. The molecule has 0 saturated heterocycles. The standard InChI is InChI=1S/C16H29N3O3.C5H12/c1-8-19(6)15(20)13-10-12(16(21-7)22-9-2)11(3)17-14(13)18(4)5;1-4-5(2)3/h8,11-12,16-17H,1,9-10H2,2-7H3;5H,4H2,1-3H3. The summed E-state index contributed by atoms with van der Waals surface area (Å²) in [5.74, 6) is 1.73. The number of nitrogens with one attached hydrogen (secondary N) is 1. The van der Waals surface area contributed by atoms with E-state index in [1.54, 1.807) is 14.2 Å². The summed E-state index contributed by atoms with van der Waals surface area (Å²) >= 11 is 0. The molecule has 1 aliphatic rings. The average Bonchev–Trinajstić information content (AvgIpc) is 2.65. The van der Waals surface area contributed by atoms with Crippen LogP contribution in [0.4, 0.5) is 0 Å². The number of carbonyl (C=O) groups is 1. The zero-order chi connectivity index (χ0) is 21.1. The maximum Gasteiger partial charge on any atom is 0.257 e. The molecular weight excluding hydrogens is 342 g/mol. The summed E-state index contributed by atoms with van der Waals surface area (Å²) in [5, 5.41) is 3.41. The molecule has 0 radical (unpaired) electrons. The van der Waals surface area contributed by atoms with Crippen molar-refractivity contribution in [1.82, 2.24) is 15.1 Å². The fourth-order valence-corrected chi connectivity index (χ4v) is 2.66. The Bertz CT molecular complexity index is 489. The Balaban J connectivity index is 0.00000119. The van der Waals surface area contributed by atoms with Gasteiger partial charge in [0, 0.05) is 46.8 Å². The van der Waals surface area contributed by atoms with Gasteiger partial charge in [0.1, 0.15) is 5.82 Å². The first-order valence-electron chi connectivity index (χ1n) is 9.85. The minimum Gasteiger partial charge on any atom is -0.368 e. The van der Waals surface area contributed by atoms with Gasteiger partial charge < -0.3 is 24.6 Å². The first kappa shape index (κ1) is 25.5. The topological polar surface area (TPSA) is 54.0 Å². The molecule has 6 heteroatoms. The molecule has 0 bridgehead atoms. The van der Waals surface area contributed by atoms with E-state index < -0.39 is 0 Å². The number of methoxy groups -OCH3 is 1. The lowest BCUT2D eigenvalue weighted by molar-refractivity contribution is -0.159. The molecule has 0 aromatic carbocycles. The molecule has 0 aromatic heterocycles. The van der Waals surface area contributed by atoms with Gasteiger partial charge >= 0.3 is 0 Å². The van der Waals surface area contributed by atoms with Crippen molar-refractivity contribution < 1.29 is 14.3 Å². The van der Waals surface area contributed by atoms with E-state index >= 15 is 0 Å². The fourth-order valence-electron chi connectivity index (χ4n) is 2.66. The minimum atomic E-state index is -0.340. The summed E-state index contributed by atoms with van der Waals surface area (Å²) in [6.07, 6.45) is 3.08. The van der Waals surface area contributed by atoms with Crippen molar-refractivity contribution >= 4 is 5.91 Å². The van der Waals surface area contributed by atoms with Crippen LogP contribution in [0.3, 0.4) is 0 Å². The molecule has 1 amide bonds. The number of nitrogens with zero attached hydrogens (tertiary/aromatic N) is 2. The third-order valence-corrected chi connectivity index (χ3v) is 4.76. The summed E-state index contributed by atoms with van der Waals surface area (Å²) in [7, 11) is 7.19. The van der Waals surface area contributed by atoms with Crippen LogP contribution in [0.2, 0.25) is 0 Å². The van der Waals surface area contributed by atoms with Crippen LogP contribution in [0.5, 0.6) is 0 Å². The second-order valence-electron chi connectivity index (χ2n) is 7.48. The van der Waals surface area contributed by atoms with Crippen LogP contribution in [0.1, 0.15) is 47.5 Å². The molecule has 3 unspecified atom stereocenters. The van der Waals surface area contributed by atoms with E-state index in [-0.39, 0.29) is 24.2 Å². The Morgan fingerprint density at radius 2 is 1.89 bits per heavy atom. The predicted molar refractivity (Wildman–Crippen MR) is 112 cm³/mol. The Labute approximate surface area is 166 Å². The van der Waals surface area contributed by atoms with E-state index in [4.69, 9.17) is 9.47 Å². The highest BCUT2D eigenvalue weighted by atomic mass is 16.7. The molecule has 0 saturated carbocycles. The van der Waals surface area contributed by atoms with E-state index in [1.165, 1.54) is 17.5 Å². The van der Waals surface area contributed by atoms with E-state index in [0.717, 1.165) is 17.3 Å². The summed E-state index contributed by atoms with van der Waals surface area (Å²) in [4.78, 5) is 16.0. The number of rotatable bonds is 8. The fraction of sp³-hybridized carbons (Fsp3) is 0.762. The SMILES string of the molecule is C=CN(C)C(=O)C1=C(N(C)C)NC(C)C(C(OC)OCC)C1.CCC(C)C. The Kier molecular flexibility index (Phi) is 12.1. The van der Waals surface area contributed by atoms with Gasteiger partial charge in [0.25, 0.3) is 5.91 Å². The predicted octanol–water partition coefficient (Wildman–Crippen LogP) is 3.42. The quantitative estimate of drug-likeness (QED) is 0.651. The molecule has 1 aliphatic heterocycles. The lowest BCUT2D eigenvalue weighted by atomic mass is 9.88. The number of ether oxygens (including phenoxy) is 2. The zero-order valence-corrected chi connectivity index (χ0v) is 18.8. The number of likely N-dealkylation sites (N-methyl/N-ethyl adjacent to an activating group) is 1. The molecule has 0 spiro atoms. The molecule has 0 aliphatic carbocycles. The van der Waals surface area contributed by atoms with Crippen LogP contribution in [-0.4, -0.2) is 62.9 Å². The van der Waals surface area contributed by atoms with Crippen molar-refractivity contribution in [2.45, 2.75) is 59.8 Å². The summed E-state index contributed by atoms with van der Waals surface area (Å²) in [5.41, 5.74) is 0.720. The number of hydrogen-bond donors (Lipinski definition) is 1. The van der Waals surface area contributed by atoms with Gasteiger partial charge in [0.2, 0.25) is 0 Å². The Morgan fingerprint density at radius 1 is 1.33 bits per heavy atom. The first-order chi connectivity index (χ1) is 12.6. The highest BCUT2D eigenvalue weighted by Crippen LogP contribution is 2.30. The van der Waals surface area contributed by atoms with Gasteiger partial charge in [-0.05, 0) is 32.4 Å². The minimum absolute atomic E-state index is 0.0607. The van der Waals surface area contributed by atoms with Gasteiger partial charge in [-0.2, -0.15) is 0 Å². The van der Waals surface area contributed by atoms with Gasteiger partial charge in [-0.15, -0.1) is 0 Å². The second kappa shape index (κ2) is 12.8. The monoisotopic (exact) mass is 383 g/mol. The average molecular weight is 384 g/mol. The second-order valence-corrected chi connectivity index (χ2v) is 7.48. The number of carbonyl (C=O) groups excluding carboxylic acids is 1. The lowest BCUT2D eigenvalue weighted by Gasteiger charge is -2.39. The third kappa shape index (κ3) is 7.93. The lowest BCUT2D eigenvalue weighted by Crippen LogP contribution is -2.49. The molecule has 0 fully saturated rings. The zero-order valence-electron chi connectivity index (χ0n) is 18.8. The van der Waals surface area contributed by atoms with Crippen LogP contribution in [0.25, 0.3) is 0 Å². The molecule has 1 N–H and O–H groups in total. The molecular formula is C21H41N3O3. The molecule has 6 nitrogen and oxygen atoms in total. The molecule has 0 aromatic rings. The van der Waals surface area contributed by atoms with Crippen molar-refractivity contribution in [2.24, 2.45) is 11.8 Å². The van der Waals surface area contributed by atoms with Gasteiger partial charge in [-0.3, -0.25) is 4.79 Å². The van der Waals surface area contributed by atoms with Crippen LogP contribution >= 0.6 is 0 Å². The van der Waals surface area contributed by atoms with Crippen molar-refractivity contribution in [3.8, 4) is 0 Å². The van der Waals surface area contributed by atoms with Crippen LogP contribution in [0.15, 0.2) is 24.2 Å². The molecule has 158 valence electrons. The largest absolute Gasteiger partial charge is 0.368 e. The van der Waals surface area contributed by atoms with E-state index in [0.29, 0.717) is 13.0 Å². The van der Waals surface area contributed by atoms with Gasteiger partial charge in [0.05, 0.1) is 5.57 Å². The van der Waals surface area contributed by atoms with Gasteiger partial charge in [-0.1, -0.05) is 33.8 Å². The maximum atomic E-state index is 12.6. The van der Waals surface area contributed by atoms with Crippen LogP contribution < -0.4 is 5.32 Å². The van der Waals surface area contributed by atoms with Crippen LogP contribution in [0, 0.1) is 11.8 Å². The van der Waals surface area contributed by atoms with Crippen molar-refractivity contribution in [2.75, 3.05) is 34.9 Å². The van der Waals surface area contributed by atoms with Gasteiger partial charge in [-0.25, -0.2) is 0 Å². The van der Waals surface area contributed by atoms with E-state index in [2.05, 4.69) is 39.6 Å². The van der Waals surface area contributed by atoms with E-state index in [1.807, 2.05) is 25.9 Å². The van der Waals surface area contributed by atoms with Crippen molar-refractivity contribution in [1.29, 1.82) is 0 Å². The normalized spacial score (nSPS) is 20.4. The molecule has 1 rings (SSSR count). The number of amides is 1. The summed E-state index contributed by atoms with van der Waals surface area (Å²) < 4.78 is 11.1. The smallest absolute Gasteiger partial charge is 0.257 e. The van der Waals surface area contributed by atoms with Crippen molar-refractivity contribution in [3.05, 3.63) is 24.2 Å². The highest BCUT2D eigenvalue weighted by Gasteiger charge is 2.37. The number of hydrogen-bond acceptors (Lipinski definition) is 5. The van der Waals surface area contributed by atoms with Crippen LogP contribution in [-0.2, 0) is 14.3 Å². The highest BCUT2D eigenvalue weighted by molar-refractivity contribution is 5.94. The molecule has 27 heavy (non-hydrogen) atoms. The molecule has 3 atom stereocenters. The summed E-state index contributed by atoms with van der Waals surface area (Å²) in [6.45, 7) is 14.9. The third-order valence-electron chi connectivity index (χ3n) is 4.76. The van der Waals surface area contributed by atoms with Gasteiger partial charge in [0.15, 0.2) is 6.29 Å². The van der Waals surface area contributed by atoms with E-state index in [9.17, 15) is 4.79 Å². The molecule has 1 heterocycles. The first-order valence-corrected chi connectivity index (χ1v) is 9.85. The van der Waals surface area contributed by atoms with Crippen molar-refractivity contribution in [3.63, 3.8) is 0 Å². The Hall–Kier alpha value is -1.53. The summed E-state index contributed by atoms with van der Waals surface area (Å²) in [6, 6.07) is 0.138.